The first kappa shape index (κ1) is 19.3. The molecule has 0 bridgehead atoms. The zero-order valence-electron chi connectivity index (χ0n) is 13.1. The third-order valence-corrected chi connectivity index (χ3v) is 6.89. The summed E-state index contributed by atoms with van der Waals surface area (Å²) in [5.74, 6) is 1.40. The van der Waals surface area contributed by atoms with Crippen molar-refractivity contribution in [3.05, 3.63) is 29.8 Å². The summed E-state index contributed by atoms with van der Waals surface area (Å²) in [6.07, 6.45) is 0.672. The summed E-state index contributed by atoms with van der Waals surface area (Å²) in [5, 5.41) is 0. The van der Waals surface area contributed by atoms with Gasteiger partial charge in [-0.05, 0) is 31.5 Å². The van der Waals surface area contributed by atoms with E-state index in [1.165, 1.54) is 10.5 Å². The Morgan fingerprint density at radius 3 is 2.33 bits per heavy atom. The molecule has 1 aromatic rings. The Balaban J connectivity index is 2.33. The topological polar surface area (TPSA) is 20.3 Å². The second-order valence-corrected chi connectivity index (χ2v) is 9.30. The summed E-state index contributed by atoms with van der Waals surface area (Å²) in [6, 6.07) is 9.27. The molecule has 0 aliphatic rings. The minimum absolute atomic E-state index is 0.159. The number of halogens is 1. The number of hydrogen-bond acceptors (Lipinski definition) is 4. The number of rotatable bonds is 9. The van der Waals surface area contributed by atoms with Gasteiger partial charge in [0.1, 0.15) is 5.78 Å². The van der Waals surface area contributed by atoms with Crippen LogP contribution >= 0.6 is 44.5 Å². The molecule has 5 heteroatoms. The van der Waals surface area contributed by atoms with Gasteiger partial charge in [0.2, 0.25) is 0 Å². The Labute approximate surface area is 150 Å². The highest BCUT2D eigenvalue weighted by molar-refractivity contribution is 14.1. The Bertz CT molecular complexity index is 434. The molecule has 0 aromatic heterocycles. The molecule has 1 rings (SSSR count). The van der Waals surface area contributed by atoms with Crippen LogP contribution in [0.1, 0.15) is 39.7 Å². The number of Topliss-reactive ketones (excluding diaryl/α,β-unsaturated/α-hetero) is 1. The first-order valence-electron chi connectivity index (χ1n) is 7.23. The zero-order valence-corrected chi connectivity index (χ0v) is 16.9. The molecule has 0 saturated carbocycles. The predicted octanol–water partition coefficient (Wildman–Crippen LogP) is 5.60. The summed E-state index contributed by atoms with van der Waals surface area (Å²) in [4.78, 5) is 12.8. The maximum Gasteiger partial charge on any atom is 0.136 e. The Kier molecular flexibility index (Phi) is 9.32. The lowest BCUT2D eigenvalue weighted by Gasteiger charge is -2.18. The predicted molar refractivity (Wildman–Crippen MR) is 104 cm³/mol. The summed E-state index contributed by atoms with van der Waals surface area (Å²) in [6.45, 7) is 9.30. The van der Waals surface area contributed by atoms with Gasteiger partial charge in [-0.25, -0.2) is 3.11 Å². The van der Waals surface area contributed by atoms with Crippen molar-refractivity contribution in [2.24, 2.45) is 5.92 Å². The number of ketones is 1. The lowest BCUT2D eigenvalue weighted by Crippen LogP contribution is -2.19. The Morgan fingerprint density at radius 1 is 1.19 bits per heavy atom. The van der Waals surface area contributed by atoms with Gasteiger partial charge in [-0.15, -0.1) is 0 Å². The minimum atomic E-state index is 0.159. The van der Waals surface area contributed by atoms with Gasteiger partial charge in [0.05, 0.1) is 0 Å². The number of nitrogens with zero attached hydrogens (tertiary/aromatic N) is 1. The van der Waals surface area contributed by atoms with Crippen LogP contribution in [-0.2, 0) is 11.3 Å². The Morgan fingerprint density at radius 2 is 1.81 bits per heavy atom. The molecular formula is C16H24INOS2. The lowest BCUT2D eigenvalue weighted by atomic mass is 10.1. The number of carbonyl (C=O) groups is 1. The van der Waals surface area contributed by atoms with Crippen LogP contribution in [0.3, 0.4) is 0 Å². The van der Waals surface area contributed by atoms with Crippen LogP contribution in [-0.4, -0.2) is 20.7 Å². The van der Waals surface area contributed by atoms with Crippen LogP contribution in [0.15, 0.2) is 29.2 Å². The monoisotopic (exact) mass is 437 g/mol. The van der Waals surface area contributed by atoms with E-state index in [0.717, 1.165) is 12.3 Å². The van der Waals surface area contributed by atoms with Crippen LogP contribution in [0, 0.1) is 5.92 Å². The van der Waals surface area contributed by atoms with Crippen molar-refractivity contribution in [1.82, 2.24) is 3.11 Å². The van der Waals surface area contributed by atoms with Crippen molar-refractivity contribution in [3.63, 3.8) is 0 Å². The van der Waals surface area contributed by atoms with Crippen molar-refractivity contribution in [2.75, 3.05) is 5.75 Å². The number of carbonyl (C=O) groups excluding carboxylic acids is 1. The van der Waals surface area contributed by atoms with Crippen LogP contribution in [0.2, 0.25) is 0 Å². The molecule has 0 spiro atoms. The highest BCUT2D eigenvalue weighted by Gasteiger charge is 2.08. The fourth-order valence-electron chi connectivity index (χ4n) is 1.55. The van der Waals surface area contributed by atoms with Crippen LogP contribution in [0.4, 0.5) is 0 Å². The highest BCUT2D eigenvalue weighted by atomic mass is 127. The molecule has 0 aliphatic heterocycles. The van der Waals surface area contributed by atoms with E-state index in [1.54, 1.807) is 21.6 Å². The fraction of sp³-hybridized carbons (Fsp3) is 0.562. The molecule has 0 radical (unpaired) electrons. The van der Waals surface area contributed by atoms with E-state index in [9.17, 15) is 4.79 Å². The molecule has 0 atom stereocenters. The number of hydrogen-bond donors (Lipinski definition) is 0. The van der Waals surface area contributed by atoms with E-state index in [4.69, 9.17) is 0 Å². The third kappa shape index (κ3) is 7.90. The van der Waals surface area contributed by atoms with E-state index in [1.807, 2.05) is 13.8 Å². The molecule has 0 saturated heterocycles. The van der Waals surface area contributed by atoms with E-state index in [2.05, 4.69) is 64.1 Å². The van der Waals surface area contributed by atoms with E-state index < -0.39 is 0 Å². The van der Waals surface area contributed by atoms with Gasteiger partial charge in [-0.1, -0.05) is 47.6 Å². The summed E-state index contributed by atoms with van der Waals surface area (Å²) < 4.78 is 2.30. The largest absolute Gasteiger partial charge is 0.299 e. The van der Waals surface area contributed by atoms with Crippen molar-refractivity contribution < 1.29 is 4.79 Å². The van der Waals surface area contributed by atoms with Gasteiger partial charge in [0.25, 0.3) is 0 Å². The quantitative estimate of drug-likeness (QED) is 0.217. The molecule has 0 heterocycles. The summed E-state index contributed by atoms with van der Waals surface area (Å²) in [5.41, 5.74) is 1.34. The van der Waals surface area contributed by atoms with Crippen molar-refractivity contribution in [2.45, 2.75) is 51.6 Å². The molecule has 0 fully saturated rings. The minimum Gasteiger partial charge on any atom is -0.299 e. The standard InChI is InChI=1S/C16H24INOS2/c1-12(2)16(19)9-10-20-21-15-7-5-14(6-8-15)11-18(17)13(3)4/h5-8,12-13H,9-11H2,1-4H3. The van der Waals surface area contributed by atoms with Crippen LogP contribution < -0.4 is 0 Å². The Hall–Kier alpha value is 0.280. The summed E-state index contributed by atoms with van der Waals surface area (Å²) in [7, 11) is 3.52. The van der Waals surface area contributed by atoms with Crippen molar-refractivity contribution in [3.8, 4) is 0 Å². The van der Waals surface area contributed by atoms with Gasteiger partial charge in [-0.2, -0.15) is 0 Å². The van der Waals surface area contributed by atoms with Gasteiger partial charge < -0.3 is 0 Å². The smallest absolute Gasteiger partial charge is 0.136 e. The molecular weight excluding hydrogens is 413 g/mol. The fourth-order valence-corrected chi connectivity index (χ4v) is 3.93. The molecule has 1 aromatic carbocycles. The lowest BCUT2D eigenvalue weighted by molar-refractivity contribution is -0.121. The maximum absolute atomic E-state index is 11.5. The van der Waals surface area contributed by atoms with Gasteiger partial charge >= 0.3 is 0 Å². The highest BCUT2D eigenvalue weighted by Crippen LogP contribution is 2.32. The van der Waals surface area contributed by atoms with Gasteiger partial charge in [0.15, 0.2) is 0 Å². The van der Waals surface area contributed by atoms with Crippen LogP contribution in [0.25, 0.3) is 0 Å². The average Bonchev–Trinajstić information content (AvgIpc) is 2.44. The van der Waals surface area contributed by atoms with Gasteiger partial charge in [-0.3, -0.25) is 4.79 Å². The van der Waals surface area contributed by atoms with Crippen LogP contribution in [0.5, 0.6) is 0 Å². The van der Waals surface area contributed by atoms with E-state index in [0.29, 0.717) is 18.2 Å². The molecule has 2 nitrogen and oxygen atoms in total. The first-order chi connectivity index (χ1) is 9.90. The zero-order chi connectivity index (χ0) is 15.8. The second kappa shape index (κ2) is 10.1. The summed E-state index contributed by atoms with van der Waals surface area (Å²) >= 11 is 2.37. The molecule has 0 unspecified atom stereocenters. The molecule has 0 aliphatic carbocycles. The average molecular weight is 437 g/mol. The molecule has 0 N–H and O–H groups in total. The van der Waals surface area contributed by atoms with E-state index >= 15 is 0 Å². The second-order valence-electron chi connectivity index (χ2n) is 5.57. The molecule has 21 heavy (non-hydrogen) atoms. The SMILES string of the molecule is CC(C)C(=O)CCSSc1ccc(CN(I)C(C)C)cc1. The van der Waals surface area contributed by atoms with E-state index in [-0.39, 0.29) is 5.92 Å². The number of benzene rings is 1. The van der Waals surface area contributed by atoms with Crippen molar-refractivity contribution >= 4 is 50.2 Å². The maximum atomic E-state index is 11.5. The molecule has 118 valence electrons. The normalized spacial score (nSPS) is 11.6. The van der Waals surface area contributed by atoms with Crippen molar-refractivity contribution in [1.29, 1.82) is 0 Å². The molecule has 0 amide bonds. The first-order valence-corrected chi connectivity index (χ1v) is 10.5. The van der Waals surface area contributed by atoms with Gasteiger partial charge in [0, 0.05) is 58.4 Å². The third-order valence-electron chi connectivity index (χ3n) is 3.05.